The van der Waals surface area contributed by atoms with Crippen molar-refractivity contribution in [2.75, 3.05) is 6.61 Å². The molecule has 0 unspecified atom stereocenters. The van der Waals surface area contributed by atoms with E-state index in [0.717, 1.165) is 21.9 Å². The third kappa shape index (κ3) is 2.00. The van der Waals surface area contributed by atoms with Gasteiger partial charge in [-0.3, -0.25) is 9.20 Å². The Balaban J connectivity index is 2.16. The number of fused-ring (bicyclic) bond motifs is 3. The molecule has 3 aromatic rings. The largest absolute Gasteiger partial charge is 0.466 e. The van der Waals surface area contributed by atoms with E-state index in [1.165, 1.54) is 4.70 Å². The van der Waals surface area contributed by atoms with Gasteiger partial charge in [-0.1, -0.05) is 23.5 Å². The lowest BCUT2D eigenvalue weighted by Crippen LogP contribution is -2.10. The molecule has 0 N–H and O–H groups in total. The van der Waals surface area contributed by atoms with Crippen LogP contribution in [0.4, 0.5) is 0 Å². The Bertz CT molecular complexity index is 757. The van der Waals surface area contributed by atoms with Gasteiger partial charge in [-0.05, 0) is 26.0 Å². The molecule has 0 atom stereocenters. The molecule has 0 amide bonds. The summed E-state index contributed by atoms with van der Waals surface area (Å²) in [5.41, 5.74) is 2.92. The molecule has 0 radical (unpaired) electrons. The molecule has 0 fully saturated rings. The van der Waals surface area contributed by atoms with Gasteiger partial charge in [0.05, 0.1) is 34.6 Å². The Kier molecular flexibility index (Phi) is 2.98. The Hall–Kier alpha value is -1.88. The lowest BCUT2D eigenvalue weighted by Gasteiger charge is -2.03. The zero-order valence-corrected chi connectivity index (χ0v) is 11.7. The molecule has 2 heterocycles. The van der Waals surface area contributed by atoms with Crippen molar-refractivity contribution in [1.29, 1.82) is 0 Å². The fraction of sp³-hybridized carbons (Fsp3) is 0.286. The van der Waals surface area contributed by atoms with Gasteiger partial charge in [-0.2, -0.15) is 0 Å². The molecule has 0 spiro atoms. The monoisotopic (exact) mass is 274 g/mol. The molecule has 1 aromatic carbocycles. The number of aromatic nitrogens is 2. The van der Waals surface area contributed by atoms with Crippen LogP contribution in [0, 0.1) is 6.92 Å². The summed E-state index contributed by atoms with van der Waals surface area (Å²) in [4.78, 5) is 17.2. The number of carbonyl (C=O) groups is 1. The van der Waals surface area contributed by atoms with Gasteiger partial charge in [0.2, 0.25) is 0 Å². The Labute approximate surface area is 114 Å². The van der Waals surface area contributed by atoms with Crippen molar-refractivity contribution in [3.8, 4) is 0 Å². The number of nitrogens with zero attached hydrogens (tertiary/aromatic N) is 2. The number of imidazole rings is 1. The number of ether oxygens (including phenoxy) is 1. The van der Waals surface area contributed by atoms with Crippen molar-refractivity contribution in [1.82, 2.24) is 9.38 Å². The van der Waals surface area contributed by atoms with E-state index in [2.05, 4.69) is 21.5 Å². The minimum atomic E-state index is -0.206. The van der Waals surface area contributed by atoms with Gasteiger partial charge in [0.15, 0.2) is 4.96 Å². The summed E-state index contributed by atoms with van der Waals surface area (Å²) >= 11 is 1.64. The minimum absolute atomic E-state index is 0.206. The predicted octanol–water partition coefficient (Wildman–Crippen LogP) is 2.96. The number of hydrogen-bond donors (Lipinski definition) is 0. The quantitative estimate of drug-likeness (QED) is 0.690. The zero-order chi connectivity index (χ0) is 13.4. The van der Waals surface area contributed by atoms with Crippen LogP contribution in [0.15, 0.2) is 24.3 Å². The number of benzene rings is 1. The van der Waals surface area contributed by atoms with Crippen molar-refractivity contribution in [2.24, 2.45) is 0 Å². The summed E-state index contributed by atoms with van der Waals surface area (Å²) in [6.07, 6.45) is 0.265. The highest BCUT2D eigenvalue weighted by Gasteiger charge is 2.17. The molecule has 0 bridgehead atoms. The number of para-hydroxylation sites is 1. The van der Waals surface area contributed by atoms with Crippen LogP contribution in [0.3, 0.4) is 0 Å². The van der Waals surface area contributed by atoms with Gasteiger partial charge in [0.25, 0.3) is 0 Å². The molecule has 2 aromatic heterocycles. The molecule has 0 saturated heterocycles. The molecule has 19 heavy (non-hydrogen) atoms. The number of aryl methyl sites for hydroxylation is 1. The zero-order valence-electron chi connectivity index (χ0n) is 10.8. The Morgan fingerprint density at radius 1 is 1.42 bits per heavy atom. The highest BCUT2D eigenvalue weighted by atomic mass is 32.1. The van der Waals surface area contributed by atoms with E-state index in [4.69, 9.17) is 4.74 Å². The van der Waals surface area contributed by atoms with E-state index in [1.54, 1.807) is 11.3 Å². The molecule has 0 aliphatic rings. The highest BCUT2D eigenvalue weighted by Crippen LogP contribution is 2.28. The predicted molar refractivity (Wildman–Crippen MR) is 75.6 cm³/mol. The molecular weight excluding hydrogens is 260 g/mol. The van der Waals surface area contributed by atoms with Crippen LogP contribution in [0.1, 0.15) is 18.3 Å². The van der Waals surface area contributed by atoms with Crippen LogP contribution in [0.2, 0.25) is 0 Å². The Morgan fingerprint density at radius 3 is 3.00 bits per heavy atom. The maximum absolute atomic E-state index is 11.7. The number of esters is 1. The molecule has 3 rings (SSSR count). The maximum atomic E-state index is 11.7. The maximum Gasteiger partial charge on any atom is 0.311 e. The standard InChI is InChI=1S/C14H14N2O2S/c1-3-18-13(17)8-11-9(2)15-14-16(11)10-6-4-5-7-12(10)19-14/h4-7H,3,8H2,1-2H3. The van der Waals surface area contributed by atoms with Crippen molar-refractivity contribution >= 4 is 32.5 Å². The molecule has 98 valence electrons. The van der Waals surface area contributed by atoms with E-state index >= 15 is 0 Å². The van der Waals surface area contributed by atoms with E-state index in [1.807, 2.05) is 26.0 Å². The third-order valence-electron chi connectivity index (χ3n) is 3.07. The van der Waals surface area contributed by atoms with Crippen molar-refractivity contribution in [2.45, 2.75) is 20.3 Å². The lowest BCUT2D eigenvalue weighted by molar-refractivity contribution is -0.142. The van der Waals surface area contributed by atoms with Crippen molar-refractivity contribution < 1.29 is 9.53 Å². The second-order valence-electron chi connectivity index (χ2n) is 4.31. The summed E-state index contributed by atoms with van der Waals surface area (Å²) in [6.45, 7) is 4.16. The van der Waals surface area contributed by atoms with Gasteiger partial charge in [0.1, 0.15) is 0 Å². The summed E-state index contributed by atoms with van der Waals surface area (Å²) in [5, 5.41) is 0. The summed E-state index contributed by atoms with van der Waals surface area (Å²) in [6, 6.07) is 8.13. The summed E-state index contributed by atoms with van der Waals surface area (Å²) < 4.78 is 8.27. The van der Waals surface area contributed by atoms with E-state index in [-0.39, 0.29) is 12.4 Å². The SMILES string of the molecule is CCOC(=O)Cc1c(C)nc2sc3ccccc3n12. The van der Waals surface area contributed by atoms with E-state index in [9.17, 15) is 4.79 Å². The van der Waals surface area contributed by atoms with Gasteiger partial charge >= 0.3 is 5.97 Å². The van der Waals surface area contributed by atoms with Gasteiger partial charge in [-0.15, -0.1) is 0 Å². The number of thiazole rings is 1. The van der Waals surface area contributed by atoms with E-state index < -0.39 is 0 Å². The van der Waals surface area contributed by atoms with Gasteiger partial charge < -0.3 is 4.74 Å². The fourth-order valence-electron chi connectivity index (χ4n) is 2.23. The molecule has 0 aliphatic heterocycles. The number of rotatable bonds is 3. The number of carbonyl (C=O) groups excluding carboxylic acids is 1. The van der Waals surface area contributed by atoms with Crippen molar-refractivity contribution in [3.05, 3.63) is 35.7 Å². The fourth-order valence-corrected chi connectivity index (χ4v) is 3.32. The first-order chi connectivity index (χ1) is 9.20. The first-order valence-electron chi connectivity index (χ1n) is 6.21. The third-order valence-corrected chi connectivity index (χ3v) is 4.09. The molecule has 5 heteroatoms. The van der Waals surface area contributed by atoms with Crippen LogP contribution in [-0.2, 0) is 16.0 Å². The van der Waals surface area contributed by atoms with Crippen LogP contribution in [0.25, 0.3) is 15.2 Å². The normalized spacial score (nSPS) is 11.3. The van der Waals surface area contributed by atoms with Crippen LogP contribution in [-0.4, -0.2) is 22.0 Å². The molecule has 0 saturated carbocycles. The van der Waals surface area contributed by atoms with Crippen LogP contribution < -0.4 is 0 Å². The van der Waals surface area contributed by atoms with Gasteiger partial charge in [0, 0.05) is 0 Å². The lowest BCUT2D eigenvalue weighted by atomic mass is 10.2. The second kappa shape index (κ2) is 4.66. The van der Waals surface area contributed by atoms with E-state index in [0.29, 0.717) is 6.61 Å². The van der Waals surface area contributed by atoms with Crippen molar-refractivity contribution in [3.63, 3.8) is 0 Å². The van der Waals surface area contributed by atoms with Gasteiger partial charge in [-0.25, -0.2) is 4.98 Å². The topological polar surface area (TPSA) is 43.6 Å². The first kappa shape index (κ1) is 12.2. The molecule has 4 nitrogen and oxygen atoms in total. The second-order valence-corrected chi connectivity index (χ2v) is 5.32. The highest BCUT2D eigenvalue weighted by molar-refractivity contribution is 7.23. The number of hydrogen-bond acceptors (Lipinski definition) is 4. The average Bonchev–Trinajstić information content (AvgIpc) is 2.87. The van der Waals surface area contributed by atoms with Crippen LogP contribution in [0.5, 0.6) is 0 Å². The van der Waals surface area contributed by atoms with Crippen LogP contribution >= 0.6 is 11.3 Å². The average molecular weight is 274 g/mol. The molecule has 0 aliphatic carbocycles. The summed E-state index contributed by atoms with van der Waals surface area (Å²) in [5.74, 6) is -0.206. The smallest absolute Gasteiger partial charge is 0.311 e. The minimum Gasteiger partial charge on any atom is -0.466 e. The Morgan fingerprint density at radius 2 is 2.21 bits per heavy atom. The first-order valence-corrected chi connectivity index (χ1v) is 7.03. The summed E-state index contributed by atoms with van der Waals surface area (Å²) in [7, 11) is 0. The molecular formula is C14H14N2O2S.